The second kappa shape index (κ2) is 6.15. The molecular formula is C9H7Cl2F2NOS2. The lowest BCUT2D eigenvalue weighted by molar-refractivity contribution is -0.225. The van der Waals surface area contributed by atoms with E-state index in [2.05, 4.69) is 17.5 Å². The van der Waals surface area contributed by atoms with E-state index in [4.69, 9.17) is 35.4 Å². The van der Waals surface area contributed by atoms with E-state index in [0.29, 0.717) is 10.8 Å². The van der Waals surface area contributed by atoms with Crippen molar-refractivity contribution in [2.24, 2.45) is 0 Å². The number of hydrogen-bond acceptors (Lipinski definition) is 2. The van der Waals surface area contributed by atoms with Crippen LogP contribution in [0.1, 0.15) is 0 Å². The lowest BCUT2D eigenvalue weighted by Gasteiger charge is -2.27. The highest BCUT2D eigenvalue weighted by Crippen LogP contribution is 2.31. The van der Waals surface area contributed by atoms with Crippen LogP contribution in [0.5, 0.6) is 0 Å². The smallest absolute Gasteiger partial charge is 0.199 e. The summed E-state index contributed by atoms with van der Waals surface area (Å²) < 4.78 is 26.3. The monoisotopic (exact) mass is 317 g/mol. The Morgan fingerprint density at radius 3 is 2.29 bits per heavy atom. The number of anilines is 1. The van der Waals surface area contributed by atoms with Crippen molar-refractivity contribution >= 4 is 58.1 Å². The van der Waals surface area contributed by atoms with E-state index in [-0.39, 0.29) is 4.32 Å². The zero-order chi connectivity index (χ0) is 13.1. The first-order valence-electron chi connectivity index (χ1n) is 4.28. The number of thiocarbonyl (C=S) groups is 1. The van der Waals surface area contributed by atoms with Crippen molar-refractivity contribution < 1.29 is 13.6 Å². The fourth-order valence-electron chi connectivity index (χ4n) is 0.927. The van der Waals surface area contributed by atoms with Crippen LogP contribution in [-0.2, 0) is 4.84 Å². The van der Waals surface area contributed by atoms with Crippen LogP contribution in [0.3, 0.4) is 0 Å². The van der Waals surface area contributed by atoms with Crippen LogP contribution in [0, 0.1) is 0 Å². The molecule has 0 saturated carbocycles. The normalized spacial score (nSPS) is 11.6. The van der Waals surface area contributed by atoms with Gasteiger partial charge in [0, 0.05) is 0 Å². The molecular weight excluding hydrogens is 311 g/mol. The lowest BCUT2D eigenvalue weighted by Crippen LogP contribution is -2.39. The molecule has 0 radical (unpaired) electrons. The van der Waals surface area contributed by atoms with E-state index in [0.717, 1.165) is 0 Å². The van der Waals surface area contributed by atoms with Gasteiger partial charge in [0.1, 0.15) is 0 Å². The number of halogens is 4. The fraction of sp³-hybridized carbons (Fsp3) is 0.222. The third-order valence-electron chi connectivity index (χ3n) is 1.63. The average Bonchev–Trinajstić information content (AvgIpc) is 2.26. The molecule has 0 fully saturated rings. The van der Waals surface area contributed by atoms with Gasteiger partial charge in [-0.25, -0.2) is 0 Å². The van der Waals surface area contributed by atoms with Crippen molar-refractivity contribution in [3.05, 3.63) is 30.3 Å². The Morgan fingerprint density at radius 1 is 1.35 bits per heavy atom. The van der Waals surface area contributed by atoms with Crippen LogP contribution < -0.4 is 5.06 Å². The van der Waals surface area contributed by atoms with Crippen molar-refractivity contribution in [3.8, 4) is 0 Å². The Balaban J connectivity index is 2.93. The summed E-state index contributed by atoms with van der Waals surface area (Å²) >= 11 is 18.7. The van der Waals surface area contributed by atoms with Crippen LogP contribution in [0.4, 0.5) is 14.5 Å². The second-order valence-corrected chi connectivity index (χ2v) is 5.08. The van der Waals surface area contributed by atoms with Gasteiger partial charge < -0.3 is 0 Å². The molecule has 17 heavy (non-hydrogen) atoms. The van der Waals surface area contributed by atoms with Crippen molar-refractivity contribution in [2.45, 2.75) is 10.9 Å². The average molecular weight is 318 g/mol. The molecule has 8 heteroatoms. The predicted octanol–water partition coefficient (Wildman–Crippen LogP) is 4.04. The lowest BCUT2D eigenvalue weighted by atomic mass is 10.3. The molecule has 0 N–H and O–H groups in total. The number of para-hydroxylation sites is 1. The summed E-state index contributed by atoms with van der Waals surface area (Å²) in [5.41, 5.74) is 0.293. The highest BCUT2D eigenvalue weighted by molar-refractivity contribution is 8.11. The number of benzene rings is 1. The minimum Gasteiger partial charge on any atom is -0.199 e. The zero-order valence-corrected chi connectivity index (χ0v) is 11.4. The van der Waals surface area contributed by atoms with Gasteiger partial charge in [-0.05, 0) is 12.1 Å². The van der Waals surface area contributed by atoms with Gasteiger partial charge in [0.2, 0.25) is 0 Å². The third-order valence-corrected chi connectivity index (χ3v) is 2.49. The Bertz CT molecular complexity index is 392. The van der Waals surface area contributed by atoms with E-state index < -0.39 is 10.9 Å². The maximum Gasteiger partial charge on any atom is 0.405 e. The highest BCUT2D eigenvalue weighted by atomic mass is 35.5. The third kappa shape index (κ3) is 4.22. The number of hydrogen-bond donors (Lipinski definition) is 1. The maximum atomic E-state index is 13.2. The standard InChI is InChI=1S/C9H7Cl2F2NOS2/c10-7(11)9(12,13)15-14(8(16)17)6-4-2-1-3-5-6/h1-5,7H,(H,16,17). The fourth-order valence-corrected chi connectivity index (χ4v) is 1.31. The molecule has 1 rings (SSSR count). The number of alkyl halides is 4. The van der Waals surface area contributed by atoms with Crippen LogP contribution in [0.25, 0.3) is 0 Å². The maximum absolute atomic E-state index is 13.2. The topological polar surface area (TPSA) is 12.5 Å². The van der Waals surface area contributed by atoms with Crippen molar-refractivity contribution in [1.82, 2.24) is 0 Å². The summed E-state index contributed by atoms with van der Waals surface area (Å²) in [4.78, 5) is 2.35. The molecule has 0 aliphatic rings. The van der Waals surface area contributed by atoms with Gasteiger partial charge in [-0.3, -0.25) is 0 Å². The quantitative estimate of drug-likeness (QED) is 0.390. The molecule has 1 aromatic rings. The summed E-state index contributed by atoms with van der Waals surface area (Å²) in [7, 11) is 0. The second-order valence-electron chi connectivity index (χ2n) is 2.87. The van der Waals surface area contributed by atoms with Gasteiger partial charge in [0.05, 0.1) is 5.69 Å². The number of hydroxylamine groups is 1. The summed E-state index contributed by atoms with van der Waals surface area (Å²) in [5.74, 6) is 0. The van der Waals surface area contributed by atoms with Crippen molar-refractivity contribution in [1.29, 1.82) is 0 Å². The van der Waals surface area contributed by atoms with Crippen LogP contribution >= 0.6 is 48.0 Å². The molecule has 0 saturated heterocycles. The molecule has 0 amide bonds. The minimum absolute atomic E-state index is 0.190. The van der Waals surface area contributed by atoms with Gasteiger partial charge in [-0.1, -0.05) is 53.6 Å². The zero-order valence-electron chi connectivity index (χ0n) is 8.19. The van der Waals surface area contributed by atoms with Gasteiger partial charge in [-0.15, -0.1) is 12.6 Å². The Labute approximate surface area is 118 Å². The minimum atomic E-state index is -3.77. The van der Waals surface area contributed by atoms with Crippen LogP contribution in [0.15, 0.2) is 30.3 Å². The number of thiol groups is 1. The molecule has 0 heterocycles. The SMILES string of the molecule is FC(F)(ON(C(=S)S)c1ccccc1)C(Cl)Cl. The van der Waals surface area contributed by atoms with Crippen molar-refractivity contribution in [3.63, 3.8) is 0 Å². The van der Waals surface area contributed by atoms with Gasteiger partial charge >= 0.3 is 6.11 Å². The molecule has 0 aromatic heterocycles. The molecule has 2 nitrogen and oxygen atoms in total. The summed E-state index contributed by atoms with van der Waals surface area (Å²) in [6, 6.07) is 8.03. The summed E-state index contributed by atoms with van der Waals surface area (Å²) in [5, 5.41) is 0.677. The van der Waals surface area contributed by atoms with Crippen LogP contribution in [-0.4, -0.2) is 15.3 Å². The first kappa shape index (κ1) is 14.9. The highest BCUT2D eigenvalue weighted by Gasteiger charge is 2.42. The van der Waals surface area contributed by atoms with Crippen molar-refractivity contribution in [2.75, 3.05) is 5.06 Å². The van der Waals surface area contributed by atoms with E-state index in [1.807, 2.05) is 0 Å². The van der Waals surface area contributed by atoms with Gasteiger partial charge in [0.15, 0.2) is 9.16 Å². The molecule has 0 aliphatic heterocycles. The molecule has 0 bridgehead atoms. The first-order chi connectivity index (χ1) is 7.84. The summed E-state index contributed by atoms with van der Waals surface area (Å²) in [6.07, 6.45) is -3.77. The Kier molecular flexibility index (Phi) is 5.40. The molecule has 0 unspecified atom stereocenters. The predicted molar refractivity (Wildman–Crippen MR) is 72.0 cm³/mol. The Hall–Kier alpha value is -0.140. The van der Waals surface area contributed by atoms with E-state index in [9.17, 15) is 8.78 Å². The number of nitrogens with zero attached hydrogens (tertiary/aromatic N) is 1. The molecule has 1 aromatic carbocycles. The molecule has 94 valence electrons. The largest absolute Gasteiger partial charge is 0.405 e. The molecule has 0 aliphatic carbocycles. The van der Waals surface area contributed by atoms with E-state index >= 15 is 0 Å². The van der Waals surface area contributed by atoms with Gasteiger partial charge in [-0.2, -0.15) is 18.7 Å². The van der Waals surface area contributed by atoms with Gasteiger partial charge in [0.25, 0.3) is 0 Å². The molecule has 0 atom stereocenters. The molecule has 0 spiro atoms. The first-order valence-corrected chi connectivity index (χ1v) is 6.00. The van der Waals surface area contributed by atoms with E-state index in [1.54, 1.807) is 18.2 Å². The van der Waals surface area contributed by atoms with E-state index in [1.165, 1.54) is 12.1 Å². The summed E-state index contributed by atoms with van der Waals surface area (Å²) in [6.45, 7) is 0. The van der Waals surface area contributed by atoms with Crippen LogP contribution in [0.2, 0.25) is 0 Å². The number of rotatable bonds is 4. The Morgan fingerprint density at radius 2 is 1.88 bits per heavy atom.